The fraction of sp³-hybridized carbons (Fsp3) is 0.500. The first kappa shape index (κ1) is 4.53. The standard InChI is InChI=1S/C2H3F2N/c3-1-5-2-4/h1H,2H2/b5-1+. The topological polar surface area (TPSA) is 12.4 Å². The van der Waals surface area contributed by atoms with Gasteiger partial charge in [-0.05, 0) is 0 Å². The largest absolute Gasteiger partial charge is 0.231 e. The molecule has 0 saturated heterocycles. The zero-order valence-corrected chi connectivity index (χ0v) is 2.49. The fourth-order valence-electron chi connectivity index (χ4n) is 0.0261. The van der Waals surface area contributed by atoms with Crippen LogP contribution in [0.4, 0.5) is 8.78 Å². The Labute approximate surface area is 28.3 Å². The van der Waals surface area contributed by atoms with Gasteiger partial charge in [-0.2, -0.15) is 4.39 Å². The summed E-state index contributed by atoms with van der Waals surface area (Å²) in [7, 11) is 0. The molecule has 5 heavy (non-hydrogen) atoms. The summed E-state index contributed by atoms with van der Waals surface area (Å²) in [5, 5.41) is 0. The van der Waals surface area contributed by atoms with E-state index in [0.717, 1.165) is 0 Å². The summed E-state index contributed by atoms with van der Waals surface area (Å²) in [6, 6.07) is 0. The van der Waals surface area contributed by atoms with Crippen molar-refractivity contribution >= 4 is 6.47 Å². The van der Waals surface area contributed by atoms with Gasteiger partial charge < -0.3 is 0 Å². The van der Waals surface area contributed by atoms with Gasteiger partial charge >= 0.3 is 0 Å². The predicted molar refractivity (Wildman–Crippen MR) is 15.6 cm³/mol. The average molecular weight is 79.0 g/mol. The van der Waals surface area contributed by atoms with Crippen LogP contribution < -0.4 is 0 Å². The molecule has 0 aromatic rings. The zero-order valence-electron chi connectivity index (χ0n) is 2.49. The lowest BCUT2D eigenvalue weighted by molar-refractivity contribution is 0.510. The molecule has 0 spiro atoms. The predicted octanol–water partition coefficient (Wildman–Crippen LogP) is 0.911. The highest BCUT2D eigenvalue weighted by molar-refractivity contribution is 5.43. The average Bonchev–Trinajstić information content (AvgIpc) is 1.41. The smallest absolute Gasteiger partial charge is 0.182 e. The number of halogens is 2. The molecule has 0 aromatic carbocycles. The van der Waals surface area contributed by atoms with E-state index in [0.29, 0.717) is 0 Å². The number of hydrogen-bond donors (Lipinski definition) is 0. The summed E-state index contributed by atoms with van der Waals surface area (Å²) in [4.78, 5) is 2.51. The molecule has 0 atom stereocenters. The van der Waals surface area contributed by atoms with Crippen molar-refractivity contribution in [1.82, 2.24) is 0 Å². The maximum atomic E-state index is 10.6. The van der Waals surface area contributed by atoms with Crippen molar-refractivity contribution in [3.8, 4) is 0 Å². The zero-order chi connectivity index (χ0) is 4.12. The van der Waals surface area contributed by atoms with Crippen molar-refractivity contribution < 1.29 is 8.78 Å². The molecule has 0 bridgehead atoms. The second-order valence-corrected chi connectivity index (χ2v) is 0.400. The van der Waals surface area contributed by atoms with E-state index >= 15 is 0 Å². The van der Waals surface area contributed by atoms with Crippen molar-refractivity contribution in [3.63, 3.8) is 0 Å². The van der Waals surface area contributed by atoms with Gasteiger partial charge in [-0.15, -0.1) is 0 Å². The molecular weight excluding hydrogens is 76.0 g/mol. The minimum absolute atomic E-state index is 0.0694. The summed E-state index contributed by atoms with van der Waals surface area (Å²) in [5.74, 6) is 0. The van der Waals surface area contributed by atoms with Gasteiger partial charge in [0.1, 0.15) is 0 Å². The number of aliphatic imine (C=N–C) groups is 1. The van der Waals surface area contributed by atoms with Crippen molar-refractivity contribution in [2.75, 3.05) is 6.80 Å². The number of alkyl halides is 1. The molecular formula is C2H3F2N. The molecule has 0 amide bonds. The first-order valence-corrected chi connectivity index (χ1v) is 1.06. The highest BCUT2D eigenvalue weighted by Crippen LogP contribution is 1.63. The second kappa shape index (κ2) is 3.53. The Kier molecular flexibility index (Phi) is 3.20. The van der Waals surface area contributed by atoms with E-state index in [1.54, 1.807) is 0 Å². The van der Waals surface area contributed by atoms with Crippen LogP contribution in [-0.4, -0.2) is 13.3 Å². The van der Waals surface area contributed by atoms with Gasteiger partial charge in [0.25, 0.3) is 0 Å². The molecule has 0 saturated carbocycles. The van der Waals surface area contributed by atoms with E-state index in [9.17, 15) is 8.78 Å². The number of hydrogen-bond acceptors (Lipinski definition) is 1. The Morgan fingerprint density at radius 1 is 1.80 bits per heavy atom. The molecule has 30 valence electrons. The first-order chi connectivity index (χ1) is 2.41. The van der Waals surface area contributed by atoms with E-state index in [1.807, 2.05) is 0 Å². The van der Waals surface area contributed by atoms with Crippen LogP contribution in [0.15, 0.2) is 4.99 Å². The van der Waals surface area contributed by atoms with Gasteiger partial charge in [0.2, 0.25) is 0 Å². The molecule has 0 fully saturated rings. The lowest BCUT2D eigenvalue weighted by atomic mass is 11.3. The third-order valence-corrected chi connectivity index (χ3v) is 0.138. The van der Waals surface area contributed by atoms with Crippen molar-refractivity contribution in [2.45, 2.75) is 0 Å². The normalized spacial score (nSPS) is 10.0. The minimum atomic E-state index is -0.962. The van der Waals surface area contributed by atoms with E-state index in [-0.39, 0.29) is 6.47 Å². The molecule has 0 unspecified atom stereocenters. The molecule has 0 rings (SSSR count). The Hall–Kier alpha value is -0.470. The molecule has 0 N–H and O–H groups in total. The Morgan fingerprint density at radius 2 is 2.40 bits per heavy atom. The SMILES string of the molecule is F/C=N/CF. The van der Waals surface area contributed by atoms with Gasteiger partial charge in [-0.3, -0.25) is 0 Å². The molecule has 0 aromatic heterocycles. The maximum Gasteiger partial charge on any atom is 0.182 e. The van der Waals surface area contributed by atoms with E-state index in [2.05, 4.69) is 4.99 Å². The maximum absolute atomic E-state index is 10.6. The summed E-state index contributed by atoms with van der Waals surface area (Å²) in [6.45, 7) is -1.03. The van der Waals surface area contributed by atoms with Gasteiger partial charge in [-0.1, -0.05) is 0 Å². The van der Waals surface area contributed by atoms with E-state index in [4.69, 9.17) is 0 Å². The molecule has 0 aliphatic heterocycles. The van der Waals surface area contributed by atoms with Crippen molar-refractivity contribution in [3.05, 3.63) is 0 Å². The Morgan fingerprint density at radius 3 is 2.40 bits per heavy atom. The van der Waals surface area contributed by atoms with Crippen molar-refractivity contribution in [1.29, 1.82) is 0 Å². The highest BCUT2D eigenvalue weighted by Gasteiger charge is 1.57. The molecule has 0 aliphatic carbocycles. The fourth-order valence-corrected chi connectivity index (χ4v) is 0.0261. The van der Waals surface area contributed by atoms with Crippen LogP contribution in [0.25, 0.3) is 0 Å². The van der Waals surface area contributed by atoms with Crippen LogP contribution in [0, 0.1) is 0 Å². The second-order valence-electron chi connectivity index (χ2n) is 0.400. The Bertz CT molecular complexity index is 34.6. The summed E-state index contributed by atoms with van der Waals surface area (Å²) < 4.78 is 21.0. The van der Waals surface area contributed by atoms with Gasteiger partial charge in [0.05, 0.1) is 0 Å². The van der Waals surface area contributed by atoms with E-state index < -0.39 is 6.80 Å². The van der Waals surface area contributed by atoms with Gasteiger partial charge in [-0.25, -0.2) is 9.38 Å². The summed E-state index contributed by atoms with van der Waals surface area (Å²) >= 11 is 0. The van der Waals surface area contributed by atoms with Crippen LogP contribution in [0.2, 0.25) is 0 Å². The summed E-state index contributed by atoms with van der Waals surface area (Å²) in [6.07, 6.45) is 0. The molecule has 1 nitrogen and oxygen atoms in total. The monoisotopic (exact) mass is 79.0 g/mol. The molecule has 3 heteroatoms. The van der Waals surface area contributed by atoms with E-state index in [1.165, 1.54) is 0 Å². The Balaban J connectivity index is 2.62. The quantitative estimate of drug-likeness (QED) is 0.327. The highest BCUT2D eigenvalue weighted by atomic mass is 19.1. The molecule has 0 aliphatic rings. The molecule has 0 heterocycles. The molecule has 0 radical (unpaired) electrons. The van der Waals surface area contributed by atoms with Crippen molar-refractivity contribution in [2.24, 2.45) is 4.99 Å². The first-order valence-electron chi connectivity index (χ1n) is 1.06. The number of rotatable bonds is 1. The van der Waals surface area contributed by atoms with Gasteiger partial charge in [0, 0.05) is 0 Å². The third-order valence-electron chi connectivity index (χ3n) is 0.138. The number of nitrogens with zero attached hydrogens (tertiary/aromatic N) is 1. The summed E-state index contributed by atoms with van der Waals surface area (Å²) in [5.41, 5.74) is 0. The van der Waals surface area contributed by atoms with Crippen LogP contribution in [0.3, 0.4) is 0 Å². The van der Waals surface area contributed by atoms with Crippen LogP contribution in [-0.2, 0) is 0 Å². The van der Waals surface area contributed by atoms with Crippen LogP contribution in [0.5, 0.6) is 0 Å². The van der Waals surface area contributed by atoms with Crippen LogP contribution >= 0.6 is 0 Å². The minimum Gasteiger partial charge on any atom is -0.231 e. The van der Waals surface area contributed by atoms with Crippen LogP contribution in [0.1, 0.15) is 0 Å². The van der Waals surface area contributed by atoms with Gasteiger partial charge in [0.15, 0.2) is 13.3 Å². The lowest BCUT2D eigenvalue weighted by Gasteiger charge is -1.62. The lowest BCUT2D eigenvalue weighted by Crippen LogP contribution is -1.58. The third kappa shape index (κ3) is 3.53.